The molecule has 5 aromatic carbocycles. The molecule has 0 fully saturated rings. The molecule has 5 aromatic rings. The van der Waals surface area contributed by atoms with Crippen LogP contribution in [0.4, 0.5) is 17.1 Å². The second-order valence-corrected chi connectivity index (χ2v) is 13.3. The largest absolute Gasteiger partial charge is 0.497 e. The molecule has 0 unspecified atom stereocenters. The molecule has 8 nitrogen and oxygen atoms in total. The quantitative estimate of drug-likeness (QED) is 0.181. The van der Waals surface area contributed by atoms with Crippen molar-refractivity contribution in [2.75, 3.05) is 21.9 Å². The van der Waals surface area contributed by atoms with Crippen molar-refractivity contribution in [3.05, 3.63) is 115 Å². The molecule has 0 atom stereocenters. The molecule has 0 saturated carbocycles. The molecule has 0 aliphatic heterocycles. The number of rotatable bonds is 10. The molecular weight excluding hydrogens is 572 g/mol. The average molecular weight is 603 g/mol. The number of aryl methyl sites for hydroxylation is 1. The molecule has 0 bridgehead atoms. The van der Waals surface area contributed by atoms with E-state index in [-0.39, 0.29) is 22.0 Å². The number of nitrogens with one attached hydrogen (secondary N) is 1. The lowest BCUT2D eigenvalue weighted by molar-refractivity contribution is 0.413. The van der Waals surface area contributed by atoms with Gasteiger partial charge in [-0.25, -0.2) is 21.1 Å². The standard InChI is InChI=1S/C32H30N2O6S2/c1-4-41(35,36)34(31-11-7-9-24-8-5-6-10-29(24)31)32-22-27(40-26-16-14-25(39-3)15-17-26)18-21-30(32)33-42(37,38)28-19-12-23(2)13-20-28/h5-22,33H,4H2,1-3H3. The second-order valence-electron chi connectivity index (χ2n) is 9.54. The SMILES string of the molecule is CCS(=O)(=O)N(c1cc(Oc2ccc(OC)cc2)ccc1NS(=O)(=O)c1ccc(C)cc1)c1cccc2ccccc12. The van der Waals surface area contributed by atoms with Crippen molar-refractivity contribution >= 4 is 47.9 Å². The summed E-state index contributed by atoms with van der Waals surface area (Å²) in [4.78, 5) is 0.0488. The van der Waals surface area contributed by atoms with Gasteiger partial charge in [-0.2, -0.15) is 0 Å². The summed E-state index contributed by atoms with van der Waals surface area (Å²) in [6.07, 6.45) is 0. The van der Waals surface area contributed by atoms with Crippen LogP contribution in [0, 0.1) is 6.92 Å². The van der Waals surface area contributed by atoms with Gasteiger partial charge in [0.25, 0.3) is 10.0 Å². The number of hydrogen-bond donors (Lipinski definition) is 1. The van der Waals surface area contributed by atoms with E-state index in [9.17, 15) is 16.8 Å². The molecule has 1 N–H and O–H groups in total. The Balaban J connectivity index is 1.70. The molecule has 0 saturated heterocycles. The molecule has 5 rings (SSSR count). The highest BCUT2D eigenvalue weighted by Crippen LogP contribution is 2.42. The lowest BCUT2D eigenvalue weighted by atomic mass is 10.1. The van der Waals surface area contributed by atoms with Crippen molar-refractivity contribution in [3.63, 3.8) is 0 Å². The number of sulfonamides is 2. The van der Waals surface area contributed by atoms with Crippen LogP contribution in [0.2, 0.25) is 0 Å². The van der Waals surface area contributed by atoms with Crippen LogP contribution in [0.5, 0.6) is 17.2 Å². The maximum Gasteiger partial charge on any atom is 0.261 e. The Morgan fingerprint density at radius 2 is 1.36 bits per heavy atom. The van der Waals surface area contributed by atoms with Crippen LogP contribution in [0.1, 0.15) is 12.5 Å². The van der Waals surface area contributed by atoms with Crippen LogP contribution in [0.25, 0.3) is 10.8 Å². The van der Waals surface area contributed by atoms with Gasteiger partial charge in [0.2, 0.25) is 10.0 Å². The van der Waals surface area contributed by atoms with E-state index in [1.54, 1.807) is 68.6 Å². The Bertz CT molecular complexity index is 1940. The van der Waals surface area contributed by atoms with E-state index < -0.39 is 20.0 Å². The van der Waals surface area contributed by atoms with E-state index in [1.165, 1.54) is 28.6 Å². The first-order chi connectivity index (χ1) is 20.1. The zero-order chi connectivity index (χ0) is 29.9. The molecule has 0 aliphatic rings. The molecule has 216 valence electrons. The van der Waals surface area contributed by atoms with E-state index in [0.29, 0.717) is 28.3 Å². The summed E-state index contributed by atoms with van der Waals surface area (Å²) in [6.45, 7) is 3.41. The van der Waals surface area contributed by atoms with Crippen molar-refractivity contribution < 1.29 is 26.3 Å². The van der Waals surface area contributed by atoms with Gasteiger partial charge >= 0.3 is 0 Å². The third kappa shape index (κ3) is 6.05. The predicted molar refractivity (Wildman–Crippen MR) is 167 cm³/mol. The maximum absolute atomic E-state index is 13.8. The second kappa shape index (κ2) is 11.8. The van der Waals surface area contributed by atoms with Crippen LogP contribution in [-0.4, -0.2) is 29.7 Å². The van der Waals surface area contributed by atoms with E-state index in [2.05, 4.69) is 4.72 Å². The normalized spacial score (nSPS) is 11.7. The first-order valence-electron chi connectivity index (χ1n) is 13.2. The predicted octanol–water partition coefficient (Wildman–Crippen LogP) is 7.24. The van der Waals surface area contributed by atoms with Gasteiger partial charge in [0, 0.05) is 11.5 Å². The summed E-state index contributed by atoms with van der Waals surface area (Å²) in [7, 11) is -6.48. The first kappa shape index (κ1) is 29.0. The lowest BCUT2D eigenvalue weighted by Gasteiger charge is -2.28. The number of anilines is 3. The van der Waals surface area contributed by atoms with Crippen LogP contribution < -0.4 is 18.5 Å². The number of ether oxygens (including phenoxy) is 2. The van der Waals surface area contributed by atoms with Gasteiger partial charge in [-0.1, -0.05) is 54.1 Å². The van der Waals surface area contributed by atoms with Crippen molar-refractivity contribution in [2.24, 2.45) is 0 Å². The Kier molecular flexibility index (Phi) is 8.11. The third-order valence-electron chi connectivity index (χ3n) is 6.69. The van der Waals surface area contributed by atoms with Crippen molar-refractivity contribution in [1.29, 1.82) is 0 Å². The van der Waals surface area contributed by atoms with Gasteiger partial charge in [-0.15, -0.1) is 0 Å². The van der Waals surface area contributed by atoms with Crippen LogP contribution >= 0.6 is 0 Å². The number of hydrogen-bond acceptors (Lipinski definition) is 6. The minimum atomic E-state index is -4.07. The van der Waals surface area contributed by atoms with Gasteiger partial charge in [0.15, 0.2) is 0 Å². The average Bonchev–Trinajstić information content (AvgIpc) is 2.99. The van der Waals surface area contributed by atoms with Crippen molar-refractivity contribution in [1.82, 2.24) is 0 Å². The molecular formula is C32H30N2O6S2. The fourth-order valence-corrected chi connectivity index (χ4v) is 6.72. The van der Waals surface area contributed by atoms with Crippen LogP contribution in [0.15, 0.2) is 114 Å². The monoisotopic (exact) mass is 602 g/mol. The van der Waals surface area contributed by atoms with E-state index >= 15 is 0 Å². The number of benzene rings is 5. The van der Waals surface area contributed by atoms with Crippen LogP contribution in [-0.2, 0) is 20.0 Å². The fourth-order valence-electron chi connectivity index (χ4n) is 4.47. The van der Waals surface area contributed by atoms with Gasteiger partial charge in [-0.05, 0) is 73.8 Å². The molecule has 10 heteroatoms. The minimum absolute atomic E-state index is 0.0488. The topological polar surface area (TPSA) is 102 Å². The Labute approximate surface area is 246 Å². The summed E-state index contributed by atoms with van der Waals surface area (Å²) in [6, 6.07) is 30.7. The zero-order valence-corrected chi connectivity index (χ0v) is 24.9. The molecule has 0 radical (unpaired) electrons. The van der Waals surface area contributed by atoms with Gasteiger partial charge in [-0.3, -0.25) is 4.72 Å². The molecule has 42 heavy (non-hydrogen) atoms. The fraction of sp³-hybridized carbons (Fsp3) is 0.125. The zero-order valence-electron chi connectivity index (χ0n) is 23.3. The highest BCUT2D eigenvalue weighted by molar-refractivity contribution is 7.93. The number of nitrogens with zero attached hydrogens (tertiary/aromatic N) is 1. The number of fused-ring (bicyclic) bond motifs is 1. The summed E-state index contributed by atoms with van der Waals surface area (Å²) >= 11 is 0. The summed E-state index contributed by atoms with van der Waals surface area (Å²) in [5.41, 5.74) is 1.45. The maximum atomic E-state index is 13.8. The summed E-state index contributed by atoms with van der Waals surface area (Å²) in [5.74, 6) is 1.22. The van der Waals surface area contributed by atoms with Gasteiger partial charge in [0.1, 0.15) is 17.2 Å². The van der Waals surface area contributed by atoms with E-state index in [4.69, 9.17) is 9.47 Å². The number of methoxy groups -OCH3 is 1. The summed E-state index contributed by atoms with van der Waals surface area (Å²) < 4.78 is 69.6. The Hall–Kier alpha value is -4.54. The highest BCUT2D eigenvalue weighted by atomic mass is 32.2. The molecule has 0 spiro atoms. The Morgan fingerprint density at radius 3 is 2.05 bits per heavy atom. The van der Waals surface area contributed by atoms with Crippen LogP contribution in [0.3, 0.4) is 0 Å². The highest BCUT2D eigenvalue weighted by Gasteiger charge is 2.29. The minimum Gasteiger partial charge on any atom is -0.497 e. The van der Waals surface area contributed by atoms with E-state index in [0.717, 1.165) is 10.9 Å². The Morgan fingerprint density at radius 1 is 0.714 bits per heavy atom. The summed E-state index contributed by atoms with van der Waals surface area (Å²) in [5, 5.41) is 1.52. The van der Waals surface area contributed by atoms with Crippen molar-refractivity contribution in [2.45, 2.75) is 18.7 Å². The van der Waals surface area contributed by atoms with Crippen molar-refractivity contribution in [3.8, 4) is 17.2 Å². The third-order valence-corrected chi connectivity index (χ3v) is 9.75. The van der Waals surface area contributed by atoms with Gasteiger partial charge < -0.3 is 9.47 Å². The molecule has 0 aromatic heterocycles. The smallest absolute Gasteiger partial charge is 0.261 e. The first-order valence-corrected chi connectivity index (χ1v) is 16.3. The molecule has 0 aliphatic carbocycles. The van der Waals surface area contributed by atoms with Gasteiger partial charge in [0.05, 0.1) is 34.8 Å². The molecule has 0 amide bonds. The lowest BCUT2D eigenvalue weighted by Crippen LogP contribution is -2.29. The molecule has 0 heterocycles. The van der Waals surface area contributed by atoms with E-state index in [1.807, 2.05) is 37.3 Å².